The van der Waals surface area contributed by atoms with E-state index in [4.69, 9.17) is 11.6 Å². The molecule has 2 heterocycles. The van der Waals surface area contributed by atoms with Gasteiger partial charge in [-0.3, -0.25) is 4.72 Å². The lowest BCUT2D eigenvalue weighted by molar-refractivity contribution is 0.520. The number of halogens is 3. The Labute approximate surface area is 152 Å². The number of rotatable bonds is 5. The SMILES string of the molecule is CN(c1cc(F)c(S(=O)(=O)Nc2cscn2)c(F)c1Cl)[C@H]1CCNC1. The molecule has 1 fully saturated rings. The molecule has 11 heteroatoms. The van der Waals surface area contributed by atoms with Crippen LogP contribution in [0.25, 0.3) is 0 Å². The Hall–Kier alpha value is -1.49. The number of hydrogen-bond acceptors (Lipinski definition) is 6. The molecule has 136 valence electrons. The summed E-state index contributed by atoms with van der Waals surface area (Å²) >= 11 is 7.17. The van der Waals surface area contributed by atoms with Crippen LogP contribution >= 0.6 is 22.9 Å². The van der Waals surface area contributed by atoms with Crippen molar-refractivity contribution in [2.75, 3.05) is 29.8 Å². The van der Waals surface area contributed by atoms with E-state index in [0.29, 0.717) is 6.54 Å². The number of benzene rings is 1. The fourth-order valence-electron chi connectivity index (χ4n) is 2.69. The Kier molecular flexibility index (Phi) is 5.14. The molecule has 2 aromatic rings. The molecule has 2 N–H and O–H groups in total. The van der Waals surface area contributed by atoms with Crippen LogP contribution in [0.2, 0.25) is 5.02 Å². The van der Waals surface area contributed by atoms with Crippen LogP contribution in [-0.4, -0.2) is 39.6 Å². The number of nitrogens with one attached hydrogen (secondary N) is 2. The van der Waals surface area contributed by atoms with Crippen molar-refractivity contribution < 1.29 is 17.2 Å². The molecule has 0 spiro atoms. The van der Waals surface area contributed by atoms with Gasteiger partial charge in [0.2, 0.25) is 0 Å². The molecule has 0 radical (unpaired) electrons. The number of sulfonamides is 1. The highest BCUT2D eigenvalue weighted by Gasteiger charge is 2.31. The third kappa shape index (κ3) is 3.57. The van der Waals surface area contributed by atoms with Gasteiger partial charge in [-0.2, -0.15) is 0 Å². The number of hydrogen-bond donors (Lipinski definition) is 2. The van der Waals surface area contributed by atoms with E-state index in [1.54, 1.807) is 11.9 Å². The second-order valence-electron chi connectivity index (χ2n) is 5.57. The highest BCUT2D eigenvalue weighted by molar-refractivity contribution is 7.92. The molecule has 6 nitrogen and oxygen atoms in total. The van der Waals surface area contributed by atoms with E-state index in [-0.39, 0.29) is 17.5 Å². The van der Waals surface area contributed by atoms with Crippen molar-refractivity contribution in [3.8, 4) is 0 Å². The van der Waals surface area contributed by atoms with Crippen molar-refractivity contribution in [3.05, 3.63) is 33.6 Å². The minimum atomic E-state index is -4.50. The van der Waals surface area contributed by atoms with Crippen LogP contribution < -0.4 is 14.9 Å². The summed E-state index contributed by atoms with van der Waals surface area (Å²) in [6, 6.07) is 0.964. The third-order valence-corrected chi connectivity index (χ3v) is 6.33. The molecule has 3 rings (SSSR count). The van der Waals surface area contributed by atoms with Crippen LogP contribution in [0.15, 0.2) is 21.9 Å². The zero-order valence-electron chi connectivity index (χ0n) is 13.1. The number of likely N-dealkylation sites (N-methyl/N-ethyl adjacent to an activating group) is 1. The van der Waals surface area contributed by atoms with E-state index < -0.39 is 31.6 Å². The second kappa shape index (κ2) is 7.02. The van der Waals surface area contributed by atoms with Gasteiger partial charge in [-0.05, 0) is 13.0 Å². The fraction of sp³-hybridized carbons (Fsp3) is 0.357. The lowest BCUT2D eigenvalue weighted by Crippen LogP contribution is -2.34. The molecule has 0 saturated carbocycles. The van der Waals surface area contributed by atoms with Crippen molar-refractivity contribution in [2.24, 2.45) is 0 Å². The van der Waals surface area contributed by atoms with E-state index in [1.807, 2.05) is 4.72 Å². The molecule has 0 bridgehead atoms. The van der Waals surface area contributed by atoms with Gasteiger partial charge >= 0.3 is 0 Å². The summed E-state index contributed by atoms with van der Waals surface area (Å²) in [6.45, 7) is 1.45. The monoisotopic (exact) mass is 408 g/mol. The summed E-state index contributed by atoms with van der Waals surface area (Å²) in [5.41, 5.74) is 1.50. The first-order valence-electron chi connectivity index (χ1n) is 7.33. The van der Waals surface area contributed by atoms with E-state index in [0.717, 1.165) is 30.4 Å². The van der Waals surface area contributed by atoms with Crippen LogP contribution in [-0.2, 0) is 10.0 Å². The molecule has 1 aromatic heterocycles. The maximum atomic E-state index is 14.6. The molecule has 1 aromatic carbocycles. The zero-order valence-corrected chi connectivity index (χ0v) is 15.5. The van der Waals surface area contributed by atoms with Gasteiger partial charge in [-0.25, -0.2) is 22.2 Å². The molecule has 0 unspecified atom stereocenters. The minimum absolute atomic E-state index is 0.0156. The number of nitrogens with zero attached hydrogens (tertiary/aromatic N) is 2. The second-order valence-corrected chi connectivity index (χ2v) is 8.29. The highest BCUT2D eigenvalue weighted by Crippen LogP contribution is 2.36. The number of thiazole rings is 1. The Morgan fingerprint density at radius 1 is 1.48 bits per heavy atom. The highest BCUT2D eigenvalue weighted by atomic mass is 35.5. The van der Waals surface area contributed by atoms with Gasteiger partial charge < -0.3 is 10.2 Å². The van der Waals surface area contributed by atoms with Crippen molar-refractivity contribution in [2.45, 2.75) is 17.4 Å². The normalized spacial score (nSPS) is 17.7. The predicted octanol–water partition coefficient (Wildman–Crippen LogP) is 2.67. The van der Waals surface area contributed by atoms with Gasteiger partial charge in [0.1, 0.15) is 10.8 Å². The first-order chi connectivity index (χ1) is 11.8. The van der Waals surface area contributed by atoms with Gasteiger partial charge in [0.15, 0.2) is 16.5 Å². The van der Waals surface area contributed by atoms with Gasteiger partial charge in [-0.15, -0.1) is 11.3 Å². The quantitative estimate of drug-likeness (QED) is 0.744. The summed E-state index contributed by atoms with van der Waals surface area (Å²) in [6.07, 6.45) is 0.793. The van der Waals surface area contributed by atoms with Crippen LogP contribution in [0.1, 0.15) is 6.42 Å². The molecule has 1 atom stereocenters. The van der Waals surface area contributed by atoms with Gasteiger partial charge in [-0.1, -0.05) is 11.6 Å². The molecule has 1 saturated heterocycles. The van der Waals surface area contributed by atoms with E-state index >= 15 is 0 Å². The molecular formula is C14H15ClF2N4O2S2. The molecule has 0 aliphatic carbocycles. The van der Waals surface area contributed by atoms with Crippen LogP contribution in [0.5, 0.6) is 0 Å². The lowest BCUT2D eigenvalue weighted by atomic mass is 10.2. The minimum Gasteiger partial charge on any atom is -0.369 e. The Bertz CT molecular complexity index is 871. The number of aromatic nitrogens is 1. The van der Waals surface area contributed by atoms with E-state index in [9.17, 15) is 17.2 Å². The average Bonchev–Trinajstić information content (AvgIpc) is 3.22. The lowest BCUT2D eigenvalue weighted by Gasteiger charge is -2.27. The molecule has 1 aliphatic rings. The van der Waals surface area contributed by atoms with Gasteiger partial charge in [0.25, 0.3) is 10.0 Å². The Balaban J connectivity index is 2.00. The van der Waals surface area contributed by atoms with Crippen molar-refractivity contribution in [3.63, 3.8) is 0 Å². The van der Waals surface area contributed by atoms with E-state index in [2.05, 4.69) is 10.3 Å². The maximum Gasteiger partial charge on any atom is 0.268 e. The summed E-state index contributed by atoms with van der Waals surface area (Å²) < 4.78 is 55.8. The predicted molar refractivity (Wildman–Crippen MR) is 94.0 cm³/mol. The average molecular weight is 409 g/mol. The maximum absolute atomic E-state index is 14.6. The molecule has 25 heavy (non-hydrogen) atoms. The standard InChI is InChI=1S/C14H15ClF2N4O2S2/c1-21(8-2-3-18-5-8)10-4-9(16)14(13(17)12(10)15)25(22,23)20-11-6-24-7-19-11/h4,6-8,18,20H,2-3,5H2,1H3/t8-/m0/s1. The summed E-state index contributed by atoms with van der Waals surface area (Å²) in [5.74, 6) is -2.55. The van der Waals surface area contributed by atoms with Crippen molar-refractivity contribution >= 4 is 44.5 Å². The van der Waals surface area contributed by atoms with Crippen molar-refractivity contribution in [1.29, 1.82) is 0 Å². The van der Waals surface area contributed by atoms with Crippen LogP contribution in [0, 0.1) is 11.6 Å². The van der Waals surface area contributed by atoms with Gasteiger partial charge in [0.05, 0.1) is 11.2 Å². The first kappa shape index (κ1) is 18.3. The summed E-state index contributed by atoms with van der Waals surface area (Å²) in [4.78, 5) is 4.28. The first-order valence-corrected chi connectivity index (χ1v) is 10.1. The molecular weight excluding hydrogens is 394 g/mol. The summed E-state index contributed by atoms with van der Waals surface area (Å²) in [5, 5.41) is 4.12. The summed E-state index contributed by atoms with van der Waals surface area (Å²) in [7, 11) is -2.83. The fourth-order valence-corrected chi connectivity index (χ4v) is 4.73. The van der Waals surface area contributed by atoms with Gasteiger partial charge in [0, 0.05) is 31.1 Å². The molecule has 0 amide bonds. The third-order valence-electron chi connectivity index (χ3n) is 4.00. The van der Waals surface area contributed by atoms with Crippen LogP contribution in [0.4, 0.5) is 20.3 Å². The smallest absolute Gasteiger partial charge is 0.268 e. The van der Waals surface area contributed by atoms with E-state index in [1.165, 1.54) is 10.9 Å². The Morgan fingerprint density at radius 3 is 2.84 bits per heavy atom. The largest absolute Gasteiger partial charge is 0.369 e. The Morgan fingerprint density at radius 2 is 2.24 bits per heavy atom. The number of anilines is 2. The van der Waals surface area contributed by atoms with Crippen LogP contribution in [0.3, 0.4) is 0 Å². The van der Waals surface area contributed by atoms with Crippen molar-refractivity contribution in [1.82, 2.24) is 10.3 Å². The molecule has 1 aliphatic heterocycles. The topological polar surface area (TPSA) is 74.3 Å². The zero-order chi connectivity index (χ0) is 18.2.